The van der Waals surface area contributed by atoms with Crippen LogP contribution in [0.5, 0.6) is 0 Å². The number of benzene rings is 2. The molecule has 1 fully saturated rings. The molecule has 168 valence electrons. The van der Waals surface area contributed by atoms with Gasteiger partial charge in [0.25, 0.3) is 0 Å². The molecule has 5 nitrogen and oxygen atoms in total. The van der Waals surface area contributed by atoms with Crippen LogP contribution in [0.1, 0.15) is 18.4 Å². The van der Waals surface area contributed by atoms with Gasteiger partial charge >= 0.3 is 0 Å². The van der Waals surface area contributed by atoms with Crippen LogP contribution in [-0.4, -0.2) is 44.0 Å². The lowest BCUT2D eigenvalue weighted by molar-refractivity contribution is -0.125. The minimum absolute atomic E-state index is 0.105. The van der Waals surface area contributed by atoms with E-state index in [1.807, 2.05) is 12.1 Å². The van der Waals surface area contributed by atoms with Gasteiger partial charge in [0.15, 0.2) is 0 Å². The quantitative estimate of drug-likeness (QED) is 0.491. The van der Waals surface area contributed by atoms with Crippen molar-refractivity contribution in [3.63, 3.8) is 0 Å². The van der Waals surface area contributed by atoms with E-state index < -0.39 is 10.0 Å². The topological polar surface area (TPSA) is 66.5 Å². The van der Waals surface area contributed by atoms with E-state index in [2.05, 4.69) is 5.32 Å². The van der Waals surface area contributed by atoms with Crippen molar-refractivity contribution in [1.29, 1.82) is 0 Å². The highest BCUT2D eigenvalue weighted by atomic mass is 35.5. The Kier molecular flexibility index (Phi) is 8.96. The van der Waals surface area contributed by atoms with E-state index in [1.165, 1.54) is 16.4 Å². The number of carbonyl (C=O) groups is 1. The lowest BCUT2D eigenvalue weighted by Crippen LogP contribution is -2.45. The molecular weight excluding hydrogens is 499 g/mol. The first-order chi connectivity index (χ1) is 14.8. The minimum atomic E-state index is -3.64. The van der Waals surface area contributed by atoms with Crippen molar-refractivity contribution in [1.82, 2.24) is 9.62 Å². The van der Waals surface area contributed by atoms with Crippen molar-refractivity contribution in [2.75, 3.05) is 25.4 Å². The molecule has 2 aromatic rings. The third-order valence-electron chi connectivity index (χ3n) is 5.00. The van der Waals surface area contributed by atoms with Crippen LogP contribution < -0.4 is 5.32 Å². The summed E-state index contributed by atoms with van der Waals surface area (Å²) in [4.78, 5) is 12.8. The molecule has 0 spiro atoms. The van der Waals surface area contributed by atoms with Crippen LogP contribution >= 0.6 is 46.6 Å². The predicted molar refractivity (Wildman–Crippen MR) is 129 cm³/mol. The summed E-state index contributed by atoms with van der Waals surface area (Å²) in [5.74, 6) is 1.05. The van der Waals surface area contributed by atoms with Gasteiger partial charge in [-0.3, -0.25) is 4.79 Å². The molecule has 1 atom stereocenters. The fraction of sp³-hybridized carbons (Fsp3) is 0.381. The van der Waals surface area contributed by atoms with E-state index in [0.29, 0.717) is 41.0 Å². The third-order valence-corrected chi connectivity index (χ3v) is 8.91. The monoisotopic (exact) mass is 520 g/mol. The van der Waals surface area contributed by atoms with Crippen molar-refractivity contribution < 1.29 is 13.2 Å². The molecule has 1 unspecified atom stereocenters. The summed E-state index contributed by atoms with van der Waals surface area (Å²) in [5.41, 5.74) is 1.07. The van der Waals surface area contributed by atoms with Gasteiger partial charge < -0.3 is 5.32 Å². The number of sulfonamides is 1. The van der Waals surface area contributed by atoms with Crippen LogP contribution in [0.3, 0.4) is 0 Å². The van der Waals surface area contributed by atoms with E-state index in [0.717, 1.165) is 17.1 Å². The number of hydrogen-bond donors (Lipinski definition) is 1. The predicted octanol–water partition coefficient (Wildman–Crippen LogP) is 5.10. The summed E-state index contributed by atoms with van der Waals surface area (Å²) in [6.07, 6.45) is 1.33. The SMILES string of the molecule is O=C(NCCSCc1ccc(Cl)c(Cl)c1)C1CCCN(S(=O)(=O)c2ccc(Cl)cc2)C1. The average molecular weight is 522 g/mol. The first-order valence-electron chi connectivity index (χ1n) is 9.82. The van der Waals surface area contributed by atoms with Gasteiger partial charge in [-0.25, -0.2) is 8.42 Å². The fourth-order valence-electron chi connectivity index (χ4n) is 3.34. The van der Waals surface area contributed by atoms with Crippen LogP contribution in [0.2, 0.25) is 15.1 Å². The van der Waals surface area contributed by atoms with E-state index in [9.17, 15) is 13.2 Å². The van der Waals surface area contributed by atoms with Gasteiger partial charge in [-0.2, -0.15) is 16.1 Å². The molecule has 10 heteroatoms. The second kappa shape index (κ2) is 11.3. The molecule has 1 saturated heterocycles. The summed E-state index contributed by atoms with van der Waals surface area (Å²) < 4.78 is 27.1. The van der Waals surface area contributed by atoms with Crippen molar-refractivity contribution in [3.8, 4) is 0 Å². The maximum Gasteiger partial charge on any atom is 0.243 e. The molecule has 0 radical (unpaired) electrons. The van der Waals surface area contributed by atoms with E-state index in [4.69, 9.17) is 34.8 Å². The Labute approximate surface area is 202 Å². The van der Waals surface area contributed by atoms with Crippen LogP contribution in [-0.2, 0) is 20.6 Å². The van der Waals surface area contributed by atoms with E-state index >= 15 is 0 Å². The van der Waals surface area contributed by atoms with Gasteiger partial charge in [-0.05, 0) is 54.8 Å². The fourth-order valence-corrected chi connectivity index (χ4v) is 6.12. The van der Waals surface area contributed by atoms with Crippen LogP contribution in [0, 0.1) is 5.92 Å². The molecule has 1 aliphatic heterocycles. The molecule has 2 aromatic carbocycles. The maximum atomic E-state index is 12.9. The molecule has 1 amide bonds. The number of amides is 1. The van der Waals surface area contributed by atoms with Crippen LogP contribution in [0.15, 0.2) is 47.4 Å². The molecular formula is C21H23Cl3N2O3S2. The normalized spacial score (nSPS) is 17.5. The summed E-state index contributed by atoms with van der Waals surface area (Å²) in [7, 11) is -3.64. The second-order valence-electron chi connectivity index (χ2n) is 7.25. The van der Waals surface area contributed by atoms with Gasteiger partial charge in [-0.15, -0.1) is 0 Å². The number of halogens is 3. The molecule has 1 aliphatic rings. The Balaban J connectivity index is 1.46. The van der Waals surface area contributed by atoms with Gasteiger partial charge in [-0.1, -0.05) is 40.9 Å². The summed E-state index contributed by atoms with van der Waals surface area (Å²) >= 11 is 19.5. The van der Waals surface area contributed by atoms with Crippen LogP contribution in [0.4, 0.5) is 0 Å². The maximum absolute atomic E-state index is 12.9. The number of nitrogens with one attached hydrogen (secondary N) is 1. The first-order valence-corrected chi connectivity index (χ1v) is 13.6. The number of piperidine rings is 1. The van der Waals surface area contributed by atoms with Gasteiger partial charge in [0.05, 0.1) is 20.9 Å². The molecule has 0 aromatic heterocycles. The highest BCUT2D eigenvalue weighted by Gasteiger charge is 2.33. The molecule has 0 aliphatic carbocycles. The summed E-state index contributed by atoms with van der Waals surface area (Å²) in [6.45, 7) is 1.12. The minimum Gasteiger partial charge on any atom is -0.355 e. The molecule has 1 N–H and O–H groups in total. The lowest BCUT2D eigenvalue weighted by Gasteiger charge is -2.31. The zero-order chi connectivity index (χ0) is 22.4. The highest BCUT2D eigenvalue weighted by Crippen LogP contribution is 2.26. The number of rotatable bonds is 8. The van der Waals surface area contributed by atoms with Crippen molar-refractivity contribution >= 4 is 62.5 Å². The number of hydrogen-bond acceptors (Lipinski definition) is 4. The zero-order valence-electron chi connectivity index (χ0n) is 16.7. The number of thioether (sulfide) groups is 1. The average Bonchev–Trinajstić information content (AvgIpc) is 2.76. The Morgan fingerprint density at radius 3 is 2.55 bits per heavy atom. The van der Waals surface area contributed by atoms with Crippen molar-refractivity contribution in [3.05, 3.63) is 63.1 Å². The van der Waals surface area contributed by atoms with E-state index in [1.54, 1.807) is 30.0 Å². The largest absolute Gasteiger partial charge is 0.355 e. The number of carbonyl (C=O) groups excluding carboxylic acids is 1. The first kappa shape index (κ1) is 24.7. The molecule has 31 heavy (non-hydrogen) atoms. The van der Waals surface area contributed by atoms with Crippen molar-refractivity contribution in [2.45, 2.75) is 23.5 Å². The van der Waals surface area contributed by atoms with Gasteiger partial charge in [0.2, 0.25) is 15.9 Å². The summed E-state index contributed by atoms with van der Waals surface area (Å²) in [6, 6.07) is 11.6. The Morgan fingerprint density at radius 1 is 1.10 bits per heavy atom. The van der Waals surface area contributed by atoms with Crippen LogP contribution in [0.25, 0.3) is 0 Å². The van der Waals surface area contributed by atoms with Gasteiger partial charge in [0, 0.05) is 36.2 Å². The third kappa shape index (κ3) is 6.76. The van der Waals surface area contributed by atoms with E-state index in [-0.39, 0.29) is 23.3 Å². The molecule has 0 saturated carbocycles. The standard InChI is InChI=1S/C21H23Cl3N2O3S2/c22-17-4-6-18(7-5-17)31(28,29)26-10-1-2-16(13-26)21(27)25-9-11-30-14-15-3-8-19(23)20(24)12-15/h3-8,12,16H,1-2,9-11,13-14H2,(H,25,27). The number of nitrogens with zero attached hydrogens (tertiary/aromatic N) is 1. The smallest absolute Gasteiger partial charge is 0.243 e. The van der Waals surface area contributed by atoms with Crippen molar-refractivity contribution in [2.24, 2.45) is 5.92 Å². The Hall–Kier alpha value is -0.960. The summed E-state index contributed by atoms with van der Waals surface area (Å²) in [5, 5.41) is 4.47. The Bertz CT molecular complexity index is 1020. The molecule has 0 bridgehead atoms. The Morgan fingerprint density at radius 2 is 1.84 bits per heavy atom. The zero-order valence-corrected chi connectivity index (χ0v) is 20.6. The molecule has 3 rings (SSSR count). The highest BCUT2D eigenvalue weighted by molar-refractivity contribution is 7.98. The second-order valence-corrected chi connectivity index (χ2v) is 11.5. The van der Waals surface area contributed by atoms with Gasteiger partial charge in [0.1, 0.15) is 0 Å². The lowest BCUT2D eigenvalue weighted by atomic mass is 9.99. The molecule has 1 heterocycles.